The lowest BCUT2D eigenvalue weighted by atomic mass is 9.67. The minimum absolute atomic E-state index is 0.0981. The number of amides is 1. The van der Waals surface area contributed by atoms with Crippen molar-refractivity contribution in [1.29, 1.82) is 0 Å². The van der Waals surface area contributed by atoms with Gasteiger partial charge in [-0.15, -0.1) is 0 Å². The molecule has 1 aromatic carbocycles. The van der Waals surface area contributed by atoms with Gasteiger partial charge in [0.2, 0.25) is 5.91 Å². The third-order valence-corrected chi connectivity index (χ3v) is 4.91. The highest BCUT2D eigenvalue weighted by atomic mass is 32.2. The molecule has 2 rings (SSSR count). The molecule has 1 aromatic rings. The van der Waals surface area contributed by atoms with Gasteiger partial charge in [-0.1, -0.05) is 11.6 Å². The molecule has 1 saturated carbocycles. The summed E-state index contributed by atoms with van der Waals surface area (Å²) in [6.07, 6.45) is 2.99. The third-order valence-electron chi connectivity index (χ3n) is 3.78. The van der Waals surface area contributed by atoms with Gasteiger partial charge < -0.3 is 16.3 Å². The number of rotatable bonds is 4. The first-order valence-electron chi connectivity index (χ1n) is 6.39. The Kier molecular flexibility index (Phi) is 3.91. The Hall–Kier alpha value is -2.09. The molecule has 1 fully saturated rings. The molecule has 8 heteroatoms. The maximum absolute atomic E-state index is 12.3. The summed E-state index contributed by atoms with van der Waals surface area (Å²) in [6, 6.07) is 5.85. The number of amidine groups is 1. The van der Waals surface area contributed by atoms with E-state index in [1.165, 1.54) is 24.3 Å². The second-order valence-electron chi connectivity index (χ2n) is 5.17. The van der Waals surface area contributed by atoms with E-state index in [4.69, 9.17) is 10.9 Å². The number of sulfone groups is 1. The van der Waals surface area contributed by atoms with Gasteiger partial charge in [0.25, 0.3) is 0 Å². The molecule has 0 radical (unpaired) electrons. The zero-order valence-corrected chi connectivity index (χ0v) is 12.4. The van der Waals surface area contributed by atoms with Crippen LogP contribution in [0.4, 0.5) is 5.69 Å². The van der Waals surface area contributed by atoms with E-state index in [-0.39, 0.29) is 16.6 Å². The number of nitrogens with two attached hydrogens (primary N) is 1. The van der Waals surface area contributed by atoms with Crippen molar-refractivity contribution in [3.8, 4) is 0 Å². The first-order valence-corrected chi connectivity index (χ1v) is 8.28. The Morgan fingerprint density at radius 1 is 1.33 bits per heavy atom. The first-order chi connectivity index (χ1) is 9.79. The quantitative estimate of drug-likeness (QED) is 0.331. The molecule has 0 aromatic heterocycles. The van der Waals surface area contributed by atoms with Gasteiger partial charge in [0.1, 0.15) is 5.41 Å². The smallest absolute Gasteiger partial charge is 0.238 e. The van der Waals surface area contributed by atoms with Gasteiger partial charge in [-0.3, -0.25) is 4.79 Å². The number of anilines is 1. The number of hydrogen-bond donors (Lipinski definition) is 3. The van der Waals surface area contributed by atoms with Crippen LogP contribution in [0, 0.1) is 5.41 Å². The molecule has 0 atom stereocenters. The molecule has 0 spiro atoms. The molecule has 0 unspecified atom stereocenters. The standard InChI is InChI=1S/C13H17N3O4S/c1-21(19,20)10-5-3-9(4-6-10)15-12(17)13(7-2-8-13)11(14)16-18/h3-6,18H,2,7-8H2,1H3,(H2,14,16)(H,15,17). The predicted molar refractivity (Wildman–Crippen MR) is 77.9 cm³/mol. The molecule has 4 N–H and O–H groups in total. The van der Waals surface area contributed by atoms with Crippen LogP contribution >= 0.6 is 0 Å². The van der Waals surface area contributed by atoms with E-state index < -0.39 is 15.3 Å². The van der Waals surface area contributed by atoms with Crippen LogP contribution in [0.25, 0.3) is 0 Å². The Labute approximate surface area is 122 Å². The van der Waals surface area contributed by atoms with Crippen LogP contribution in [0.1, 0.15) is 19.3 Å². The van der Waals surface area contributed by atoms with Crippen molar-refractivity contribution >= 4 is 27.3 Å². The molecule has 114 valence electrons. The van der Waals surface area contributed by atoms with Crippen LogP contribution in [-0.2, 0) is 14.6 Å². The van der Waals surface area contributed by atoms with E-state index in [0.29, 0.717) is 18.5 Å². The van der Waals surface area contributed by atoms with Gasteiger partial charge in [-0.05, 0) is 37.1 Å². The predicted octanol–water partition coefficient (Wildman–Crippen LogP) is 0.945. The van der Waals surface area contributed by atoms with E-state index in [1.807, 2.05) is 0 Å². The van der Waals surface area contributed by atoms with E-state index in [9.17, 15) is 13.2 Å². The van der Waals surface area contributed by atoms with E-state index in [1.54, 1.807) is 0 Å². The van der Waals surface area contributed by atoms with Crippen molar-refractivity contribution in [2.24, 2.45) is 16.3 Å². The monoisotopic (exact) mass is 311 g/mol. The maximum Gasteiger partial charge on any atom is 0.238 e. The van der Waals surface area contributed by atoms with Gasteiger partial charge in [0, 0.05) is 11.9 Å². The zero-order chi connectivity index (χ0) is 15.7. The summed E-state index contributed by atoms with van der Waals surface area (Å²) in [6.45, 7) is 0. The fourth-order valence-electron chi connectivity index (χ4n) is 2.26. The number of carbonyl (C=O) groups excluding carboxylic acids is 1. The molecule has 1 aliphatic rings. The summed E-state index contributed by atoms with van der Waals surface area (Å²) >= 11 is 0. The van der Waals surface area contributed by atoms with Crippen molar-refractivity contribution in [3.63, 3.8) is 0 Å². The Morgan fingerprint density at radius 3 is 2.29 bits per heavy atom. The lowest BCUT2D eigenvalue weighted by molar-refractivity contribution is -0.125. The molecule has 1 amide bonds. The van der Waals surface area contributed by atoms with E-state index >= 15 is 0 Å². The molecule has 0 saturated heterocycles. The summed E-state index contributed by atoms with van der Waals surface area (Å²) in [4.78, 5) is 12.5. The minimum Gasteiger partial charge on any atom is -0.409 e. The Morgan fingerprint density at radius 2 is 1.90 bits per heavy atom. The average Bonchev–Trinajstić information content (AvgIpc) is 2.36. The second-order valence-corrected chi connectivity index (χ2v) is 7.19. The van der Waals surface area contributed by atoms with Crippen LogP contribution in [0.2, 0.25) is 0 Å². The van der Waals surface area contributed by atoms with Crippen LogP contribution < -0.4 is 11.1 Å². The second kappa shape index (κ2) is 5.36. The largest absolute Gasteiger partial charge is 0.409 e. The molecule has 0 bridgehead atoms. The highest BCUT2D eigenvalue weighted by molar-refractivity contribution is 7.90. The summed E-state index contributed by atoms with van der Waals surface area (Å²) in [7, 11) is -3.27. The zero-order valence-electron chi connectivity index (χ0n) is 11.5. The first kappa shape index (κ1) is 15.3. The minimum atomic E-state index is -3.27. The summed E-state index contributed by atoms with van der Waals surface area (Å²) in [5, 5.41) is 14.4. The number of carbonyl (C=O) groups is 1. The molecular weight excluding hydrogens is 294 g/mol. The molecule has 7 nitrogen and oxygen atoms in total. The van der Waals surface area contributed by atoms with E-state index in [2.05, 4.69) is 10.5 Å². The summed E-state index contributed by atoms with van der Waals surface area (Å²) < 4.78 is 22.7. The lowest BCUT2D eigenvalue weighted by Gasteiger charge is -2.38. The molecule has 0 aliphatic heterocycles. The summed E-state index contributed by atoms with van der Waals surface area (Å²) in [5.41, 5.74) is 5.10. The number of oxime groups is 1. The fourth-order valence-corrected chi connectivity index (χ4v) is 2.89. The van der Waals surface area contributed by atoms with Crippen molar-refractivity contribution < 1.29 is 18.4 Å². The third kappa shape index (κ3) is 2.85. The number of nitrogens with one attached hydrogen (secondary N) is 1. The lowest BCUT2D eigenvalue weighted by Crippen LogP contribution is -2.51. The Bertz CT molecular complexity index is 676. The average molecular weight is 311 g/mol. The van der Waals surface area contributed by atoms with Crippen molar-refractivity contribution in [2.45, 2.75) is 24.2 Å². The van der Waals surface area contributed by atoms with Gasteiger partial charge in [0.15, 0.2) is 15.7 Å². The SMILES string of the molecule is CS(=O)(=O)c1ccc(NC(=O)C2(/C(N)=N/O)CCC2)cc1. The van der Waals surface area contributed by atoms with Crippen LogP contribution in [0.5, 0.6) is 0 Å². The maximum atomic E-state index is 12.3. The molecule has 0 heterocycles. The topological polar surface area (TPSA) is 122 Å². The normalized spacial score (nSPS) is 17.9. The van der Waals surface area contributed by atoms with Crippen molar-refractivity contribution in [3.05, 3.63) is 24.3 Å². The van der Waals surface area contributed by atoms with Crippen molar-refractivity contribution in [1.82, 2.24) is 0 Å². The Balaban J connectivity index is 2.17. The number of benzene rings is 1. The van der Waals surface area contributed by atoms with Crippen molar-refractivity contribution in [2.75, 3.05) is 11.6 Å². The van der Waals surface area contributed by atoms with Gasteiger partial charge in [-0.25, -0.2) is 8.42 Å². The number of hydrogen-bond acceptors (Lipinski definition) is 5. The molecule has 21 heavy (non-hydrogen) atoms. The molecule has 1 aliphatic carbocycles. The molecular formula is C13H17N3O4S. The van der Waals surface area contributed by atoms with Gasteiger partial charge in [-0.2, -0.15) is 0 Å². The number of nitrogens with zero attached hydrogens (tertiary/aromatic N) is 1. The van der Waals surface area contributed by atoms with Crippen LogP contribution in [0.3, 0.4) is 0 Å². The van der Waals surface area contributed by atoms with E-state index in [0.717, 1.165) is 12.7 Å². The summed E-state index contributed by atoms with van der Waals surface area (Å²) in [5.74, 6) is -0.449. The fraction of sp³-hybridized carbons (Fsp3) is 0.385. The highest BCUT2D eigenvalue weighted by Crippen LogP contribution is 2.42. The van der Waals surface area contributed by atoms with Gasteiger partial charge >= 0.3 is 0 Å². The van der Waals surface area contributed by atoms with Crippen LogP contribution in [-0.4, -0.2) is 31.6 Å². The van der Waals surface area contributed by atoms with Gasteiger partial charge in [0.05, 0.1) is 4.90 Å². The van der Waals surface area contributed by atoms with Crippen LogP contribution in [0.15, 0.2) is 34.3 Å². The highest BCUT2D eigenvalue weighted by Gasteiger charge is 2.48.